The second-order valence-corrected chi connectivity index (χ2v) is 3.30. The van der Waals surface area contributed by atoms with Gasteiger partial charge in [-0.25, -0.2) is 0 Å². The van der Waals surface area contributed by atoms with Gasteiger partial charge in [-0.05, 0) is 6.07 Å². The van der Waals surface area contributed by atoms with E-state index < -0.39 is 29.0 Å². The quantitative estimate of drug-likeness (QED) is 0.880. The minimum absolute atomic E-state index is 0.183. The van der Waals surface area contributed by atoms with E-state index in [9.17, 15) is 18.0 Å². The van der Waals surface area contributed by atoms with Crippen molar-refractivity contribution in [3.05, 3.63) is 28.3 Å². The molecule has 1 aromatic rings. The Labute approximate surface area is 93.9 Å². The smallest absolute Gasteiger partial charge is 0.419 e. The number of alkyl halides is 3. The number of amides is 1. The van der Waals surface area contributed by atoms with E-state index in [1.54, 1.807) is 0 Å². The van der Waals surface area contributed by atoms with Crippen LogP contribution in [0.3, 0.4) is 0 Å². The second-order valence-electron chi connectivity index (χ2n) is 2.89. The van der Waals surface area contributed by atoms with Crippen molar-refractivity contribution in [3.63, 3.8) is 0 Å². The number of carbonyl (C=O) groups excluding carboxylic acids is 1. The van der Waals surface area contributed by atoms with Crippen LogP contribution in [0, 0.1) is 0 Å². The molecule has 3 nitrogen and oxygen atoms in total. The number of ether oxygens (including phenoxy) is 1. The van der Waals surface area contributed by atoms with Gasteiger partial charge < -0.3 is 10.5 Å². The molecule has 0 saturated carbocycles. The lowest BCUT2D eigenvalue weighted by atomic mass is 10.1. The van der Waals surface area contributed by atoms with Gasteiger partial charge in [0.2, 0.25) is 5.91 Å². The number of rotatable bonds is 2. The van der Waals surface area contributed by atoms with E-state index >= 15 is 0 Å². The van der Waals surface area contributed by atoms with E-state index in [0.29, 0.717) is 6.07 Å². The third kappa shape index (κ3) is 2.38. The maximum Gasteiger partial charge on any atom is 0.419 e. The molecule has 0 saturated heterocycles. The molecule has 7 heteroatoms. The highest BCUT2D eigenvalue weighted by Gasteiger charge is 2.35. The summed E-state index contributed by atoms with van der Waals surface area (Å²) in [7, 11) is 1.07. The fourth-order valence-corrected chi connectivity index (χ4v) is 1.38. The van der Waals surface area contributed by atoms with Crippen LogP contribution < -0.4 is 10.5 Å². The zero-order chi connectivity index (χ0) is 12.5. The molecule has 0 bridgehead atoms. The van der Waals surface area contributed by atoms with Gasteiger partial charge in [0, 0.05) is 6.07 Å². The molecule has 1 amide bonds. The van der Waals surface area contributed by atoms with Gasteiger partial charge in [-0.3, -0.25) is 4.79 Å². The standard InChI is InChI=1S/C9H7ClF3NO2/c1-16-7-3-6(10)4(8(14)15)2-5(7)9(11,12)13/h2-3H,1H3,(H2,14,15). The molecule has 16 heavy (non-hydrogen) atoms. The Morgan fingerprint density at radius 1 is 1.44 bits per heavy atom. The van der Waals surface area contributed by atoms with Crippen LogP contribution in [0.5, 0.6) is 5.75 Å². The van der Waals surface area contributed by atoms with Gasteiger partial charge in [0.15, 0.2) is 0 Å². The SMILES string of the molecule is COc1cc(Cl)c(C(N)=O)cc1C(F)(F)F. The number of hydrogen-bond donors (Lipinski definition) is 1. The Balaban J connectivity index is 3.47. The predicted octanol–water partition coefficient (Wildman–Crippen LogP) is 2.47. The van der Waals surface area contributed by atoms with E-state index in [1.165, 1.54) is 0 Å². The molecule has 0 radical (unpaired) electrons. The summed E-state index contributed by atoms with van der Waals surface area (Å²) in [6.45, 7) is 0. The van der Waals surface area contributed by atoms with Crippen LogP contribution in [-0.2, 0) is 6.18 Å². The molecule has 0 aliphatic carbocycles. The first-order valence-electron chi connectivity index (χ1n) is 4.02. The number of methoxy groups -OCH3 is 1. The molecule has 88 valence electrons. The topological polar surface area (TPSA) is 52.3 Å². The van der Waals surface area contributed by atoms with E-state index in [4.69, 9.17) is 17.3 Å². The monoisotopic (exact) mass is 253 g/mol. The summed E-state index contributed by atoms with van der Waals surface area (Å²) >= 11 is 5.58. The summed E-state index contributed by atoms with van der Waals surface area (Å²) in [4.78, 5) is 10.8. The minimum Gasteiger partial charge on any atom is -0.496 e. The molecule has 0 heterocycles. The molecule has 1 aromatic carbocycles. The lowest BCUT2D eigenvalue weighted by molar-refractivity contribution is -0.138. The number of halogens is 4. The van der Waals surface area contributed by atoms with Crippen LogP contribution in [0.4, 0.5) is 13.2 Å². The average Bonchev–Trinajstić information content (AvgIpc) is 2.14. The number of benzene rings is 1. The zero-order valence-corrected chi connectivity index (χ0v) is 8.82. The van der Waals surface area contributed by atoms with Gasteiger partial charge in [-0.15, -0.1) is 0 Å². The van der Waals surface area contributed by atoms with E-state index in [0.717, 1.165) is 13.2 Å². The van der Waals surface area contributed by atoms with Crippen LogP contribution in [-0.4, -0.2) is 13.0 Å². The summed E-state index contributed by atoms with van der Waals surface area (Å²) in [6.07, 6.45) is -4.64. The third-order valence-electron chi connectivity index (χ3n) is 1.86. The van der Waals surface area contributed by atoms with E-state index in [-0.39, 0.29) is 5.02 Å². The number of nitrogens with two attached hydrogens (primary N) is 1. The van der Waals surface area contributed by atoms with Crippen molar-refractivity contribution in [3.8, 4) is 5.75 Å². The fraction of sp³-hybridized carbons (Fsp3) is 0.222. The number of hydrogen-bond acceptors (Lipinski definition) is 2. The van der Waals surface area contributed by atoms with Crippen molar-refractivity contribution in [2.75, 3.05) is 7.11 Å². The van der Waals surface area contributed by atoms with Crippen LogP contribution in [0.15, 0.2) is 12.1 Å². The van der Waals surface area contributed by atoms with Gasteiger partial charge in [0.25, 0.3) is 0 Å². The van der Waals surface area contributed by atoms with Gasteiger partial charge >= 0.3 is 6.18 Å². The third-order valence-corrected chi connectivity index (χ3v) is 2.17. The van der Waals surface area contributed by atoms with Crippen molar-refractivity contribution >= 4 is 17.5 Å². The maximum atomic E-state index is 12.5. The Kier molecular flexibility index (Phi) is 3.32. The van der Waals surface area contributed by atoms with Gasteiger partial charge in [0.05, 0.1) is 23.3 Å². The Morgan fingerprint density at radius 2 is 2.00 bits per heavy atom. The lowest BCUT2D eigenvalue weighted by Crippen LogP contribution is -2.15. The Hall–Kier alpha value is -1.43. The van der Waals surface area contributed by atoms with Gasteiger partial charge in [0.1, 0.15) is 5.75 Å². The first-order valence-corrected chi connectivity index (χ1v) is 4.39. The molecule has 0 unspecified atom stereocenters. The summed E-state index contributed by atoms with van der Waals surface area (Å²) in [6, 6.07) is 1.48. The number of primary amides is 1. The molecule has 0 spiro atoms. The summed E-state index contributed by atoms with van der Waals surface area (Å²) < 4.78 is 42.1. The molecule has 0 aromatic heterocycles. The molecule has 0 fully saturated rings. The highest BCUT2D eigenvalue weighted by atomic mass is 35.5. The molecule has 0 aliphatic heterocycles. The van der Waals surface area contributed by atoms with Crippen molar-refractivity contribution < 1.29 is 22.7 Å². The predicted molar refractivity (Wildman–Crippen MR) is 51.5 cm³/mol. The summed E-state index contributed by atoms with van der Waals surface area (Å²) in [5.74, 6) is -1.49. The molecule has 0 atom stereocenters. The van der Waals surface area contributed by atoms with E-state index in [2.05, 4.69) is 4.74 Å². The Bertz CT molecular complexity index is 431. The highest BCUT2D eigenvalue weighted by molar-refractivity contribution is 6.34. The first kappa shape index (κ1) is 12.6. The largest absolute Gasteiger partial charge is 0.496 e. The zero-order valence-electron chi connectivity index (χ0n) is 8.06. The second kappa shape index (κ2) is 4.21. The number of carbonyl (C=O) groups is 1. The molecular weight excluding hydrogens is 247 g/mol. The van der Waals surface area contributed by atoms with Crippen LogP contribution in [0.25, 0.3) is 0 Å². The maximum absolute atomic E-state index is 12.5. The lowest BCUT2D eigenvalue weighted by Gasteiger charge is -2.13. The molecular formula is C9H7ClF3NO2. The van der Waals surface area contributed by atoms with Crippen molar-refractivity contribution in [1.82, 2.24) is 0 Å². The van der Waals surface area contributed by atoms with Crippen LogP contribution in [0.1, 0.15) is 15.9 Å². The minimum atomic E-state index is -4.64. The summed E-state index contributed by atoms with van der Waals surface area (Å²) in [5.41, 5.74) is 3.40. The first-order chi connectivity index (χ1) is 7.27. The van der Waals surface area contributed by atoms with Crippen LogP contribution >= 0.6 is 11.6 Å². The van der Waals surface area contributed by atoms with Crippen LogP contribution in [0.2, 0.25) is 5.02 Å². The van der Waals surface area contributed by atoms with Crippen molar-refractivity contribution in [2.45, 2.75) is 6.18 Å². The fourth-order valence-electron chi connectivity index (χ4n) is 1.13. The normalized spacial score (nSPS) is 11.3. The van der Waals surface area contributed by atoms with Gasteiger partial charge in [-0.1, -0.05) is 11.6 Å². The van der Waals surface area contributed by atoms with Crippen molar-refractivity contribution in [1.29, 1.82) is 0 Å². The Morgan fingerprint density at radius 3 is 2.38 bits per heavy atom. The van der Waals surface area contributed by atoms with Gasteiger partial charge in [-0.2, -0.15) is 13.2 Å². The molecule has 2 N–H and O–H groups in total. The summed E-state index contributed by atoms with van der Waals surface area (Å²) in [5, 5.41) is -0.183. The molecule has 0 aliphatic rings. The molecule has 1 rings (SSSR count). The highest BCUT2D eigenvalue weighted by Crippen LogP contribution is 2.38. The van der Waals surface area contributed by atoms with E-state index in [1.807, 2.05) is 0 Å². The van der Waals surface area contributed by atoms with Crippen molar-refractivity contribution in [2.24, 2.45) is 5.73 Å². The average molecular weight is 254 g/mol.